The van der Waals surface area contributed by atoms with E-state index >= 15 is 0 Å². The Hall–Kier alpha value is -1.39. The molecular weight excluding hydrogens is 344 g/mol. The normalized spacial score (nSPS) is 12.6. The van der Waals surface area contributed by atoms with Crippen LogP contribution in [-0.2, 0) is 15.5 Å². The topological polar surface area (TPSA) is 54.4 Å². The summed E-state index contributed by atoms with van der Waals surface area (Å²) in [6.45, 7) is 6.74. The Morgan fingerprint density at radius 1 is 0.846 bits per heavy atom. The Balaban J connectivity index is 2.05. The second-order valence-corrected chi connectivity index (χ2v) is 9.38. The summed E-state index contributed by atoms with van der Waals surface area (Å²) in [7, 11) is -4.17. The van der Waals surface area contributed by atoms with E-state index in [0.717, 1.165) is 17.2 Å². The van der Waals surface area contributed by atoms with Gasteiger partial charge >= 0.3 is 0 Å². The van der Waals surface area contributed by atoms with Crippen LogP contribution < -0.4 is 0 Å². The van der Waals surface area contributed by atoms with E-state index in [2.05, 4.69) is 32.9 Å². The molecule has 3 nitrogen and oxygen atoms in total. The molecular formula is C22H32O3S. The molecule has 2 aromatic rings. The van der Waals surface area contributed by atoms with Crippen LogP contribution in [0.2, 0.25) is 0 Å². The van der Waals surface area contributed by atoms with Gasteiger partial charge in [-0.05, 0) is 40.3 Å². The number of hydrogen-bond donors (Lipinski definition) is 1. The minimum Gasteiger partial charge on any atom is -0.282 e. The number of fused-ring (bicyclic) bond motifs is 1. The molecule has 0 heterocycles. The lowest BCUT2D eigenvalue weighted by molar-refractivity contribution is 0.442. The second-order valence-electron chi connectivity index (χ2n) is 7.95. The summed E-state index contributed by atoms with van der Waals surface area (Å²) in [5.74, 6) is 0. The molecule has 0 saturated heterocycles. The molecule has 0 aliphatic carbocycles. The van der Waals surface area contributed by atoms with Gasteiger partial charge in [-0.25, -0.2) is 0 Å². The zero-order valence-corrected chi connectivity index (χ0v) is 17.1. The highest BCUT2D eigenvalue weighted by atomic mass is 32.2. The standard InChI is InChI=1S/C22H32O3S/c1-4-5-6-7-8-9-10-15-22(2,3)20-13-11-18-12-14-21(26(23,24)25)17-19(18)16-20/h11-14,16-17H,4-10,15H2,1-3H3,(H,23,24,25). The Bertz CT molecular complexity index is 822. The van der Waals surface area contributed by atoms with Gasteiger partial charge < -0.3 is 0 Å². The van der Waals surface area contributed by atoms with Crippen LogP contribution in [0.4, 0.5) is 0 Å². The van der Waals surface area contributed by atoms with Gasteiger partial charge in [0.2, 0.25) is 0 Å². The molecule has 0 aliphatic heterocycles. The summed E-state index contributed by atoms with van der Waals surface area (Å²) < 4.78 is 32.0. The van der Waals surface area contributed by atoms with Crippen LogP contribution in [-0.4, -0.2) is 13.0 Å². The molecule has 0 amide bonds. The largest absolute Gasteiger partial charge is 0.294 e. The fourth-order valence-electron chi connectivity index (χ4n) is 3.47. The summed E-state index contributed by atoms with van der Waals surface area (Å²) >= 11 is 0. The van der Waals surface area contributed by atoms with Crippen LogP contribution in [0.15, 0.2) is 41.3 Å². The Labute approximate surface area is 158 Å². The fourth-order valence-corrected chi connectivity index (χ4v) is 3.99. The van der Waals surface area contributed by atoms with Gasteiger partial charge in [0.1, 0.15) is 0 Å². The predicted molar refractivity (Wildman–Crippen MR) is 109 cm³/mol. The third kappa shape index (κ3) is 5.82. The first-order chi connectivity index (χ1) is 12.2. The lowest BCUT2D eigenvalue weighted by atomic mass is 9.79. The molecule has 0 spiro atoms. The fraction of sp³-hybridized carbons (Fsp3) is 0.545. The van der Waals surface area contributed by atoms with Crippen molar-refractivity contribution in [2.75, 3.05) is 0 Å². The highest BCUT2D eigenvalue weighted by Crippen LogP contribution is 2.32. The molecule has 144 valence electrons. The molecule has 4 heteroatoms. The first-order valence-electron chi connectivity index (χ1n) is 9.76. The van der Waals surface area contributed by atoms with Gasteiger partial charge in [-0.15, -0.1) is 0 Å². The molecule has 0 aliphatic rings. The van der Waals surface area contributed by atoms with Crippen LogP contribution in [0.1, 0.15) is 77.7 Å². The van der Waals surface area contributed by atoms with Crippen molar-refractivity contribution in [2.45, 2.75) is 82.4 Å². The van der Waals surface area contributed by atoms with Gasteiger partial charge in [0, 0.05) is 0 Å². The van der Waals surface area contributed by atoms with E-state index in [-0.39, 0.29) is 10.3 Å². The van der Waals surface area contributed by atoms with E-state index in [1.165, 1.54) is 56.6 Å². The van der Waals surface area contributed by atoms with E-state index < -0.39 is 10.1 Å². The first-order valence-corrected chi connectivity index (χ1v) is 11.2. The van der Waals surface area contributed by atoms with Crippen molar-refractivity contribution >= 4 is 20.9 Å². The van der Waals surface area contributed by atoms with Crippen molar-refractivity contribution < 1.29 is 13.0 Å². The van der Waals surface area contributed by atoms with E-state index in [1.54, 1.807) is 12.1 Å². The molecule has 0 aromatic heterocycles. The first kappa shape index (κ1) is 20.9. The molecule has 0 bridgehead atoms. The average molecular weight is 377 g/mol. The highest BCUT2D eigenvalue weighted by Gasteiger charge is 2.20. The molecule has 0 atom stereocenters. The number of unbranched alkanes of at least 4 members (excludes halogenated alkanes) is 6. The smallest absolute Gasteiger partial charge is 0.282 e. The van der Waals surface area contributed by atoms with Crippen molar-refractivity contribution in [1.82, 2.24) is 0 Å². The zero-order chi connectivity index (χ0) is 19.2. The molecule has 2 rings (SSSR count). The molecule has 2 aromatic carbocycles. The van der Waals surface area contributed by atoms with Gasteiger partial charge in [-0.2, -0.15) is 8.42 Å². The predicted octanol–water partition coefficient (Wildman–Crippen LogP) is 6.50. The van der Waals surface area contributed by atoms with Crippen LogP contribution in [0.25, 0.3) is 10.8 Å². The number of rotatable bonds is 10. The Morgan fingerprint density at radius 3 is 2.12 bits per heavy atom. The van der Waals surface area contributed by atoms with Gasteiger partial charge in [-0.3, -0.25) is 4.55 Å². The van der Waals surface area contributed by atoms with E-state index in [0.29, 0.717) is 0 Å². The Morgan fingerprint density at radius 2 is 1.46 bits per heavy atom. The Kier molecular flexibility index (Phi) is 7.24. The molecule has 0 saturated carbocycles. The molecule has 26 heavy (non-hydrogen) atoms. The average Bonchev–Trinajstić information content (AvgIpc) is 2.59. The molecule has 0 fully saturated rings. The minimum absolute atomic E-state index is 0.0473. The highest BCUT2D eigenvalue weighted by molar-refractivity contribution is 7.85. The summed E-state index contributed by atoms with van der Waals surface area (Å²) in [4.78, 5) is -0.0490. The van der Waals surface area contributed by atoms with E-state index in [4.69, 9.17) is 0 Å². The van der Waals surface area contributed by atoms with Crippen molar-refractivity contribution in [2.24, 2.45) is 0 Å². The summed E-state index contributed by atoms with van der Waals surface area (Å²) in [6.07, 6.45) is 10.2. The lowest BCUT2D eigenvalue weighted by Gasteiger charge is -2.26. The maximum atomic E-state index is 11.4. The van der Waals surface area contributed by atoms with Crippen molar-refractivity contribution in [3.05, 3.63) is 42.0 Å². The maximum Gasteiger partial charge on any atom is 0.294 e. The van der Waals surface area contributed by atoms with E-state index in [1.807, 2.05) is 6.07 Å². The van der Waals surface area contributed by atoms with E-state index in [9.17, 15) is 13.0 Å². The van der Waals surface area contributed by atoms with Gasteiger partial charge in [0.05, 0.1) is 4.90 Å². The number of benzene rings is 2. The quantitative estimate of drug-likeness (QED) is 0.380. The van der Waals surface area contributed by atoms with Crippen LogP contribution >= 0.6 is 0 Å². The molecule has 0 unspecified atom stereocenters. The van der Waals surface area contributed by atoms with Gasteiger partial charge in [0.15, 0.2) is 0 Å². The number of hydrogen-bond acceptors (Lipinski definition) is 2. The third-order valence-corrected chi connectivity index (χ3v) is 6.15. The maximum absolute atomic E-state index is 11.4. The monoisotopic (exact) mass is 376 g/mol. The summed E-state index contributed by atoms with van der Waals surface area (Å²) in [5, 5.41) is 1.83. The second kappa shape index (κ2) is 9.01. The van der Waals surface area contributed by atoms with Crippen molar-refractivity contribution in [3.8, 4) is 0 Å². The SMILES string of the molecule is CCCCCCCCCC(C)(C)c1ccc2ccc(S(=O)(=O)O)cc2c1. The minimum atomic E-state index is -4.17. The molecule has 0 radical (unpaired) electrons. The van der Waals surface area contributed by atoms with Crippen molar-refractivity contribution in [1.29, 1.82) is 0 Å². The van der Waals surface area contributed by atoms with Crippen molar-refractivity contribution in [3.63, 3.8) is 0 Å². The van der Waals surface area contributed by atoms with Crippen LogP contribution in [0.3, 0.4) is 0 Å². The van der Waals surface area contributed by atoms with Crippen LogP contribution in [0, 0.1) is 0 Å². The summed E-state index contributed by atoms with van der Waals surface area (Å²) in [5.41, 5.74) is 1.26. The van der Waals surface area contributed by atoms with Crippen LogP contribution in [0.5, 0.6) is 0 Å². The summed E-state index contributed by atoms with van der Waals surface area (Å²) in [6, 6.07) is 11.0. The lowest BCUT2D eigenvalue weighted by Crippen LogP contribution is -2.16. The zero-order valence-electron chi connectivity index (χ0n) is 16.3. The molecule has 1 N–H and O–H groups in total. The van der Waals surface area contributed by atoms with Gasteiger partial charge in [0.25, 0.3) is 10.1 Å². The van der Waals surface area contributed by atoms with Gasteiger partial charge in [-0.1, -0.05) is 90.0 Å². The third-order valence-electron chi connectivity index (χ3n) is 5.30.